The van der Waals surface area contributed by atoms with Gasteiger partial charge in [0, 0.05) is 16.0 Å². The van der Waals surface area contributed by atoms with Crippen LogP contribution in [0.5, 0.6) is 0 Å². The molecule has 8 heteroatoms. The number of pyridine rings is 1. The molecule has 0 unspecified atom stereocenters. The van der Waals surface area contributed by atoms with Crippen LogP contribution in [0.2, 0.25) is 0 Å². The first-order valence-corrected chi connectivity index (χ1v) is 10.3. The summed E-state index contributed by atoms with van der Waals surface area (Å²) in [6.45, 7) is 5.94. The highest BCUT2D eigenvalue weighted by Crippen LogP contribution is 2.41. The predicted molar refractivity (Wildman–Crippen MR) is 111 cm³/mol. The van der Waals surface area contributed by atoms with Gasteiger partial charge < -0.3 is 16.8 Å². The number of nitrogens with zero attached hydrogens (tertiary/aromatic N) is 1. The number of primary amides is 1. The van der Waals surface area contributed by atoms with Gasteiger partial charge in [-0.05, 0) is 56.7 Å². The topological polar surface area (TPSA) is 111 Å². The Morgan fingerprint density at radius 1 is 1.11 bits per heavy atom. The Morgan fingerprint density at radius 3 is 2.56 bits per heavy atom. The van der Waals surface area contributed by atoms with Gasteiger partial charge in [-0.1, -0.05) is 0 Å². The number of anilines is 2. The van der Waals surface area contributed by atoms with E-state index in [-0.39, 0.29) is 5.91 Å². The normalized spacial score (nSPS) is 13.1. The first kappa shape index (κ1) is 17.9. The molecule has 1 aliphatic carbocycles. The number of thiophene rings is 2. The molecule has 0 atom stereocenters. The van der Waals surface area contributed by atoms with Crippen LogP contribution in [0, 0.1) is 20.8 Å². The van der Waals surface area contributed by atoms with Crippen molar-refractivity contribution in [1.82, 2.24) is 4.98 Å². The SMILES string of the molecule is Cc1nc2sc(C(=O)Nc3sc4c(c3C(N)=O)CCC4)c(N)c2c(C)c1C. The quantitative estimate of drug-likeness (QED) is 0.622. The van der Waals surface area contributed by atoms with Crippen molar-refractivity contribution in [3.8, 4) is 0 Å². The minimum atomic E-state index is -0.502. The molecule has 0 saturated carbocycles. The van der Waals surface area contributed by atoms with Crippen LogP contribution in [0.1, 0.15) is 53.7 Å². The molecule has 0 fully saturated rings. The van der Waals surface area contributed by atoms with Gasteiger partial charge in [-0.15, -0.1) is 22.7 Å². The number of carbonyl (C=O) groups is 2. The van der Waals surface area contributed by atoms with Crippen molar-refractivity contribution in [2.45, 2.75) is 40.0 Å². The molecule has 0 aliphatic heterocycles. The zero-order chi connectivity index (χ0) is 19.5. The van der Waals surface area contributed by atoms with E-state index in [9.17, 15) is 9.59 Å². The fraction of sp³-hybridized carbons (Fsp3) is 0.316. The van der Waals surface area contributed by atoms with Crippen molar-refractivity contribution < 1.29 is 9.59 Å². The lowest BCUT2D eigenvalue weighted by Crippen LogP contribution is -2.17. The van der Waals surface area contributed by atoms with Gasteiger partial charge in [-0.3, -0.25) is 9.59 Å². The number of hydrogen-bond acceptors (Lipinski definition) is 6. The lowest BCUT2D eigenvalue weighted by atomic mass is 10.1. The Morgan fingerprint density at radius 2 is 1.85 bits per heavy atom. The van der Waals surface area contributed by atoms with Crippen LogP contribution in [-0.4, -0.2) is 16.8 Å². The van der Waals surface area contributed by atoms with Gasteiger partial charge in [0.2, 0.25) is 0 Å². The van der Waals surface area contributed by atoms with Crippen molar-refractivity contribution in [2.75, 3.05) is 11.1 Å². The molecule has 0 spiro atoms. The number of nitrogen functional groups attached to an aromatic ring is 1. The van der Waals surface area contributed by atoms with E-state index < -0.39 is 5.91 Å². The molecule has 3 aromatic heterocycles. The number of amides is 2. The van der Waals surface area contributed by atoms with Gasteiger partial charge in [-0.2, -0.15) is 0 Å². The van der Waals surface area contributed by atoms with E-state index in [0.717, 1.165) is 56.7 Å². The summed E-state index contributed by atoms with van der Waals surface area (Å²) >= 11 is 2.71. The molecule has 2 amide bonds. The second-order valence-electron chi connectivity index (χ2n) is 6.85. The zero-order valence-corrected chi connectivity index (χ0v) is 17.0. The number of carbonyl (C=O) groups excluding carboxylic acids is 2. The molecular weight excluding hydrogens is 380 g/mol. The van der Waals surface area contributed by atoms with Gasteiger partial charge in [0.25, 0.3) is 11.8 Å². The Bertz CT molecular complexity index is 1130. The summed E-state index contributed by atoms with van der Waals surface area (Å²) in [5, 5.41) is 4.22. The van der Waals surface area contributed by atoms with Crippen LogP contribution in [0.3, 0.4) is 0 Å². The molecule has 1 aliphatic rings. The second kappa shape index (κ2) is 6.31. The minimum Gasteiger partial charge on any atom is -0.397 e. The Hall–Kier alpha value is -2.45. The number of aromatic nitrogens is 1. The number of nitrogens with two attached hydrogens (primary N) is 2. The van der Waals surface area contributed by atoms with Crippen molar-refractivity contribution >= 4 is 55.4 Å². The Labute approximate surface area is 164 Å². The Balaban J connectivity index is 1.76. The van der Waals surface area contributed by atoms with E-state index in [1.165, 1.54) is 22.7 Å². The zero-order valence-electron chi connectivity index (χ0n) is 15.4. The molecule has 0 bridgehead atoms. The highest BCUT2D eigenvalue weighted by Gasteiger charge is 2.27. The minimum absolute atomic E-state index is 0.326. The highest BCUT2D eigenvalue weighted by atomic mass is 32.1. The first-order chi connectivity index (χ1) is 12.8. The van der Waals surface area contributed by atoms with Crippen molar-refractivity contribution in [3.05, 3.63) is 37.7 Å². The summed E-state index contributed by atoms with van der Waals surface area (Å²) in [5.74, 6) is -0.828. The summed E-state index contributed by atoms with van der Waals surface area (Å²) in [5.41, 5.74) is 16.8. The largest absolute Gasteiger partial charge is 0.397 e. The van der Waals surface area contributed by atoms with Crippen LogP contribution in [0.4, 0.5) is 10.7 Å². The second-order valence-corrected chi connectivity index (χ2v) is 8.96. The molecule has 0 aromatic carbocycles. The maximum Gasteiger partial charge on any atom is 0.268 e. The summed E-state index contributed by atoms with van der Waals surface area (Å²) in [6.07, 6.45) is 2.76. The predicted octanol–water partition coefficient (Wildman–Crippen LogP) is 3.71. The lowest BCUT2D eigenvalue weighted by molar-refractivity contribution is 0.100. The molecule has 3 heterocycles. The van der Waals surface area contributed by atoms with E-state index >= 15 is 0 Å². The van der Waals surface area contributed by atoms with E-state index in [1.807, 2.05) is 20.8 Å². The third-order valence-electron chi connectivity index (χ3n) is 5.28. The Kier molecular flexibility index (Phi) is 4.20. The number of aryl methyl sites for hydroxylation is 3. The van der Waals surface area contributed by atoms with Crippen LogP contribution in [0.15, 0.2) is 0 Å². The lowest BCUT2D eigenvalue weighted by Gasteiger charge is -2.06. The smallest absolute Gasteiger partial charge is 0.268 e. The maximum absolute atomic E-state index is 12.9. The maximum atomic E-state index is 12.9. The number of rotatable bonds is 3. The van der Waals surface area contributed by atoms with Crippen molar-refractivity contribution in [3.63, 3.8) is 0 Å². The molecular formula is C19H20N4O2S2. The molecule has 5 N–H and O–H groups in total. The third kappa shape index (κ3) is 2.71. The molecule has 6 nitrogen and oxygen atoms in total. The summed E-state index contributed by atoms with van der Waals surface area (Å²) in [6, 6.07) is 0. The van der Waals surface area contributed by atoms with E-state index in [0.29, 0.717) is 21.1 Å². The molecule has 3 aromatic rings. The van der Waals surface area contributed by atoms with Gasteiger partial charge in [0.1, 0.15) is 14.7 Å². The van der Waals surface area contributed by atoms with Gasteiger partial charge in [0.05, 0.1) is 11.3 Å². The molecule has 0 saturated heterocycles. The monoisotopic (exact) mass is 400 g/mol. The van der Waals surface area contributed by atoms with Gasteiger partial charge in [-0.25, -0.2) is 4.98 Å². The fourth-order valence-corrected chi connectivity index (χ4v) is 6.04. The third-order valence-corrected chi connectivity index (χ3v) is 7.58. The van der Waals surface area contributed by atoms with E-state index in [4.69, 9.17) is 11.5 Å². The van der Waals surface area contributed by atoms with E-state index in [1.54, 1.807) is 0 Å². The molecule has 4 rings (SSSR count). The van der Waals surface area contributed by atoms with E-state index in [2.05, 4.69) is 10.3 Å². The van der Waals surface area contributed by atoms with Crippen LogP contribution < -0.4 is 16.8 Å². The first-order valence-electron chi connectivity index (χ1n) is 8.71. The molecule has 0 radical (unpaired) electrons. The van der Waals surface area contributed by atoms with Crippen molar-refractivity contribution in [2.24, 2.45) is 5.73 Å². The number of nitrogens with one attached hydrogen (secondary N) is 1. The summed E-state index contributed by atoms with van der Waals surface area (Å²) in [4.78, 5) is 31.7. The average Bonchev–Trinajstić information content (AvgIpc) is 3.25. The van der Waals surface area contributed by atoms with Crippen LogP contribution in [0.25, 0.3) is 10.2 Å². The molecule has 27 heavy (non-hydrogen) atoms. The van der Waals surface area contributed by atoms with Crippen LogP contribution in [-0.2, 0) is 12.8 Å². The van der Waals surface area contributed by atoms with Crippen LogP contribution >= 0.6 is 22.7 Å². The molecule has 140 valence electrons. The number of hydrogen-bond donors (Lipinski definition) is 3. The average molecular weight is 401 g/mol. The highest BCUT2D eigenvalue weighted by molar-refractivity contribution is 7.21. The van der Waals surface area contributed by atoms with Crippen molar-refractivity contribution in [1.29, 1.82) is 0 Å². The summed E-state index contributed by atoms with van der Waals surface area (Å²) < 4.78 is 0. The number of fused-ring (bicyclic) bond motifs is 2. The summed E-state index contributed by atoms with van der Waals surface area (Å²) in [7, 11) is 0. The standard InChI is InChI=1S/C19H20N4O2S2/c1-7-8(2)12-14(20)15(27-18(12)22-9(7)3)17(25)23-19-13(16(21)24)10-5-4-6-11(10)26-19/h4-6,20H2,1-3H3,(H2,21,24)(H,23,25). The van der Waals surface area contributed by atoms with Gasteiger partial charge >= 0.3 is 0 Å². The van der Waals surface area contributed by atoms with Gasteiger partial charge in [0.15, 0.2) is 0 Å². The fourth-order valence-electron chi connectivity index (χ4n) is 3.65.